The molecule has 236 valence electrons. The summed E-state index contributed by atoms with van der Waals surface area (Å²) in [6, 6.07) is 0. The van der Waals surface area contributed by atoms with Crippen LogP contribution in [0.1, 0.15) is 111 Å². The molecule has 0 aromatic rings. The minimum absolute atomic E-state index is 0.0357. The second-order valence-corrected chi connectivity index (χ2v) is 13.3. The van der Waals surface area contributed by atoms with E-state index in [4.69, 9.17) is 9.79 Å². The molecule has 3 amide bonds. The summed E-state index contributed by atoms with van der Waals surface area (Å²) < 4.78 is 15.2. The van der Waals surface area contributed by atoms with E-state index in [0.717, 1.165) is 19.3 Å². The quantitative estimate of drug-likeness (QED) is 0.0484. The number of nitrogens with one attached hydrogen (secondary N) is 3. The van der Waals surface area contributed by atoms with Crippen LogP contribution in [0.5, 0.6) is 0 Å². The van der Waals surface area contributed by atoms with Gasteiger partial charge in [0.15, 0.2) is 0 Å². The maximum Gasteiger partial charge on any atom is 0.469 e. The summed E-state index contributed by atoms with van der Waals surface area (Å²) in [5, 5.41) is 18.0. The molecule has 0 heterocycles. The molecule has 2 atom stereocenters. The SMILES string of the molecule is CCCCCCCCCCCCCCC(Br)C(=O)NCCNC(=O)CCNC(=O)C(O)C(C)(C)COP(=O)(O)O. The molecule has 0 aromatic heterocycles. The van der Waals surface area contributed by atoms with E-state index in [1.54, 1.807) is 0 Å². The van der Waals surface area contributed by atoms with Crippen LogP contribution in [0.3, 0.4) is 0 Å². The van der Waals surface area contributed by atoms with E-state index in [9.17, 15) is 24.1 Å². The lowest BCUT2D eigenvalue weighted by molar-refractivity contribution is -0.137. The van der Waals surface area contributed by atoms with Crippen molar-refractivity contribution in [3.63, 3.8) is 0 Å². The van der Waals surface area contributed by atoms with Gasteiger partial charge in [-0.2, -0.15) is 0 Å². The Kier molecular flexibility index (Phi) is 22.0. The number of hydrogen-bond donors (Lipinski definition) is 6. The first kappa shape index (κ1) is 39.0. The highest BCUT2D eigenvalue weighted by Crippen LogP contribution is 2.38. The molecule has 40 heavy (non-hydrogen) atoms. The number of alkyl halides is 1. The minimum atomic E-state index is -4.73. The van der Waals surface area contributed by atoms with Crippen LogP contribution in [0, 0.1) is 5.41 Å². The van der Waals surface area contributed by atoms with Crippen molar-refractivity contribution in [2.45, 2.75) is 122 Å². The summed E-state index contributed by atoms with van der Waals surface area (Å²) in [6.07, 6.45) is 14.4. The van der Waals surface area contributed by atoms with Crippen molar-refractivity contribution >= 4 is 41.5 Å². The Labute approximate surface area is 248 Å². The highest BCUT2D eigenvalue weighted by molar-refractivity contribution is 9.10. The van der Waals surface area contributed by atoms with Gasteiger partial charge in [-0.1, -0.05) is 114 Å². The Balaban J connectivity index is 3.82. The average Bonchev–Trinajstić information content (AvgIpc) is 2.89. The topological polar surface area (TPSA) is 174 Å². The van der Waals surface area contributed by atoms with Crippen molar-refractivity contribution in [1.29, 1.82) is 0 Å². The molecule has 0 aliphatic carbocycles. The molecule has 0 saturated heterocycles. The van der Waals surface area contributed by atoms with Gasteiger partial charge in [-0.05, 0) is 6.42 Å². The van der Waals surface area contributed by atoms with Crippen LogP contribution in [-0.2, 0) is 23.5 Å². The molecule has 0 aromatic carbocycles. The van der Waals surface area contributed by atoms with E-state index in [1.165, 1.54) is 78.1 Å². The minimum Gasteiger partial charge on any atom is -0.383 e. The second-order valence-electron chi connectivity index (χ2n) is 11.0. The second kappa shape index (κ2) is 22.5. The molecular formula is C27H53BrN3O8P. The van der Waals surface area contributed by atoms with E-state index in [-0.39, 0.29) is 42.7 Å². The fraction of sp³-hybridized carbons (Fsp3) is 0.889. The number of carbonyl (C=O) groups is 3. The van der Waals surface area contributed by atoms with E-state index in [2.05, 4.69) is 43.3 Å². The zero-order valence-corrected chi connectivity index (χ0v) is 27.1. The normalized spacial score (nSPS) is 13.5. The van der Waals surface area contributed by atoms with Gasteiger partial charge < -0.3 is 30.8 Å². The molecule has 0 aliphatic heterocycles. The Morgan fingerprint density at radius 3 is 1.80 bits per heavy atom. The van der Waals surface area contributed by atoms with Crippen molar-refractivity contribution in [2.75, 3.05) is 26.2 Å². The first-order chi connectivity index (χ1) is 18.8. The molecule has 2 unspecified atom stereocenters. The highest BCUT2D eigenvalue weighted by Gasteiger charge is 2.35. The average molecular weight is 659 g/mol. The van der Waals surface area contributed by atoms with Crippen molar-refractivity contribution in [2.24, 2.45) is 5.41 Å². The Morgan fingerprint density at radius 1 is 0.800 bits per heavy atom. The van der Waals surface area contributed by atoms with Crippen LogP contribution >= 0.6 is 23.8 Å². The molecule has 0 rings (SSSR count). The molecule has 13 heteroatoms. The van der Waals surface area contributed by atoms with Gasteiger partial charge in [0.25, 0.3) is 0 Å². The number of aliphatic hydroxyl groups is 1. The number of phosphoric ester groups is 1. The predicted molar refractivity (Wildman–Crippen MR) is 160 cm³/mol. The lowest BCUT2D eigenvalue weighted by Crippen LogP contribution is -2.46. The molecule has 0 bridgehead atoms. The van der Waals surface area contributed by atoms with Gasteiger partial charge in [-0.25, -0.2) is 4.57 Å². The first-order valence-corrected chi connectivity index (χ1v) is 17.1. The largest absolute Gasteiger partial charge is 0.469 e. The molecule has 0 fully saturated rings. The summed E-state index contributed by atoms with van der Waals surface area (Å²) in [7, 11) is -4.73. The predicted octanol–water partition coefficient (Wildman–Crippen LogP) is 4.08. The van der Waals surface area contributed by atoms with Crippen molar-refractivity contribution < 1.29 is 38.4 Å². The highest BCUT2D eigenvalue weighted by atomic mass is 79.9. The Hall–Kier alpha value is -1.04. The van der Waals surface area contributed by atoms with Gasteiger partial charge in [0, 0.05) is 31.5 Å². The molecule has 0 spiro atoms. The summed E-state index contributed by atoms with van der Waals surface area (Å²) in [5.74, 6) is -1.22. The van der Waals surface area contributed by atoms with E-state index in [0.29, 0.717) is 0 Å². The molecular weight excluding hydrogens is 605 g/mol. The van der Waals surface area contributed by atoms with Gasteiger partial charge in [0.2, 0.25) is 17.7 Å². The number of halogens is 1. The summed E-state index contributed by atoms with van der Waals surface area (Å²) in [4.78, 5) is 53.6. The number of carbonyl (C=O) groups excluding carboxylic acids is 3. The Morgan fingerprint density at radius 2 is 1.27 bits per heavy atom. The van der Waals surface area contributed by atoms with Gasteiger partial charge in [0.1, 0.15) is 6.10 Å². The fourth-order valence-electron chi connectivity index (χ4n) is 3.96. The molecule has 0 aliphatic rings. The molecule has 6 N–H and O–H groups in total. The van der Waals surface area contributed by atoms with Crippen LogP contribution in [0.4, 0.5) is 0 Å². The lowest BCUT2D eigenvalue weighted by atomic mass is 9.87. The van der Waals surface area contributed by atoms with Crippen LogP contribution in [0.15, 0.2) is 0 Å². The fourth-order valence-corrected chi connectivity index (χ4v) is 4.95. The van der Waals surface area contributed by atoms with Crippen molar-refractivity contribution in [3.8, 4) is 0 Å². The molecule has 0 saturated carbocycles. The van der Waals surface area contributed by atoms with E-state index >= 15 is 0 Å². The monoisotopic (exact) mass is 657 g/mol. The molecule has 11 nitrogen and oxygen atoms in total. The van der Waals surface area contributed by atoms with Crippen LogP contribution in [0.2, 0.25) is 0 Å². The Bertz CT molecular complexity index is 766. The number of hydrogen-bond acceptors (Lipinski definition) is 6. The summed E-state index contributed by atoms with van der Waals surface area (Å²) in [6.45, 7) is 5.03. The third-order valence-corrected chi connectivity index (χ3v) is 7.93. The van der Waals surface area contributed by atoms with Gasteiger partial charge in [-0.15, -0.1) is 0 Å². The maximum absolute atomic E-state index is 12.2. The van der Waals surface area contributed by atoms with Crippen molar-refractivity contribution in [1.82, 2.24) is 16.0 Å². The third-order valence-electron chi connectivity index (χ3n) is 6.59. The molecule has 0 radical (unpaired) electrons. The van der Waals surface area contributed by atoms with Gasteiger partial charge in [0.05, 0.1) is 11.4 Å². The van der Waals surface area contributed by atoms with E-state index < -0.39 is 31.9 Å². The number of phosphoric acid groups is 1. The summed E-state index contributed by atoms with van der Waals surface area (Å²) >= 11 is 3.44. The van der Waals surface area contributed by atoms with Gasteiger partial charge >= 0.3 is 7.82 Å². The number of aliphatic hydroxyl groups excluding tert-OH is 1. The van der Waals surface area contributed by atoms with E-state index in [1.807, 2.05) is 0 Å². The van der Waals surface area contributed by atoms with Crippen LogP contribution in [-0.4, -0.2) is 69.8 Å². The standard InChI is InChI=1S/C27H53BrN3O8P/c1-4-5-6-7-8-9-10-11-12-13-14-15-16-22(28)25(34)31-20-19-29-23(32)17-18-30-26(35)24(33)27(2,3)21-39-40(36,37)38/h22,24,33H,4-21H2,1-3H3,(H,29,32)(H,30,35)(H,31,34)(H2,36,37,38). The van der Waals surface area contributed by atoms with Gasteiger partial charge in [-0.3, -0.25) is 18.9 Å². The number of amides is 3. The van der Waals surface area contributed by atoms with Crippen molar-refractivity contribution in [3.05, 3.63) is 0 Å². The first-order valence-electron chi connectivity index (χ1n) is 14.6. The zero-order valence-electron chi connectivity index (χ0n) is 24.6. The zero-order chi connectivity index (χ0) is 30.4. The third kappa shape index (κ3) is 21.7. The van der Waals surface area contributed by atoms with Crippen LogP contribution < -0.4 is 16.0 Å². The maximum atomic E-state index is 12.2. The van der Waals surface area contributed by atoms with Crippen LogP contribution in [0.25, 0.3) is 0 Å². The number of rotatable bonds is 25. The number of unbranched alkanes of at least 4 members (excludes halogenated alkanes) is 11. The summed E-state index contributed by atoms with van der Waals surface area (Å²) in [5.41, 5.74) is -1.26. The lowest BCUT2D eigenvalue weighted by Gasteiger charge is -2.29. The smallest absolute Gasteiger partial charge is 0.383 e.